The number of esters is 3. The SMILES string of the molecule is CC/C=C\C/C=C\C/C=C\C/C=C\C/C=C\C/C=C\CCCCC(=O)OCC(COC(=O)CCCCCC/C=C\C/C=C\C/C=C\C/C=C\CC)OC(=O)CCCCCCCC/C=C\C/C=C\C/C=C\C/C=C\CC. The molecule has 0 radical (unpaired) electrons. The van der Waals surface area contributed by atoms with Crippen LogP contribution < -0.4 is 0 Å². The van der Waals surface area contributed by atoms with Crippen molar-refractivity contribution in [3.05, 3.63) is 170 Å². The third kappa shape index (κ3) is 59.5. The van der Waals surface area contributed by atoms with Gasteiger partial charge in [0.15, 0.2) is 6.10 Å². The van der Waals surface area contributed by atoms with E-state index in [2.05, 4.69) is 191 Å². The Kier molecular flexibility index (Phi) is 57.0. The lowest BCUT2D eigenvalue weighted by atomic mass is 10.1. The molecule has 0 aliphatic carbocycles. The highest BCUT2D eigenvalue weighted by atomic mass is 16.6. The Hall–Kier alpha value is -5.23. The van der Waals surface area contributed by atoms with Crippen molar-refractivity contribution in [2.75, 3.05) is 13.2 Å². The smallest absolute Gasteiger partial charge is 0.306 e. The van der Waals surface area contributed by atoms with Crippen LogP contribution in [0.25, 0.3) is 0 Å². The Morgan fingerprint density at radius 3 is 0.773 bits per heavy atom. The molecule has 75 heavy (non-hydrogen) atoms. The Morgan fingerprint density at radius 2 is 0.480 bits per heavy atom. The lowest BCUT2D eigenvalue weighted by molar-refractivity contribution is -0.167. The van der Waals surface area contributed by atoms with E-state index in [9.17, 15) is 14.4 Å². The Labute approximate surface area is 460 Å². The van der Waals surface area contributed by atoms with E-state index in [0.717, 1.165) is 167 Å². The van der Waals surface area contributed by atoms with Gasteiger partial charge in [-0.25, -0.2) is 0 Å². The van der Waals surface area contributed by atoms with Crippen molar-refractivity contribution in [1.82, 2.24) is 0 Å². The molecule has 0 saturated heterocycles. The first-order chi connectivity index (χ1) is 37.0. The molecule has 0 aromatic rings. The van der Waals surface area contributed by atoms with Crippen molar-refractivity contribution < 1.29 is 28.6 Å². The molecule has 0 aliphatic heterocycles. The maximum Gasteiger partial charge on any atom is 0.306 e. The summed E-state index contributed by atoms with van der Waals surface area (Å²) in [4.78, 5) is 38.3. The average Bonchev–Trinajstić information content (AvgIpc) is 3.41. The average molecular weight is 1030 g/mol. The lowest BCUT2D eigenvalue weighted by Crippen LogP contribution is -2.30. The van der Waals surface area contributed by atoms with Crippen molar-refractivity contribution in [3.63, 3.8) is 0 Å². The van der Waals surface area contributed by atoms with E-state index in [1.165, 1.54) is 12.8 Å². The maximum absolute atomic E-state index is 12.9. The summed E-state index contributed by atoms with van der Waals surface area (Å²) in [6, 6.07) is 0. The zero-order chi connectivity index (χ0) is 54.3. The van der Waals surface area contributed by atoms with Gasteiger partial charge in [-0.2, -0.15) is 0 Å². The summed E-state index contributed by atoms with van der Waals surface area (Å²) in [6.45, 7) is 6.21. The number of allylic oxidation sites excluding steroid dienone is 28. The second-order valence-electron chi connectivity index (χ2n) is 18.8. The fourth-order valence-corrected chi connectivity index (χ4v) is 7.37. The van der Waals surface area contributed by atoms with E-state index in [1.807, 2.05) is 0 Å². The molecule has 0 bridgehead atoms. The van der Waals surface area contributed by atoms with Gasteiger partial charge in [-0.15, -0.1) is 0 Å². The topological polar surface area (TPSA) is 78.9 Å². The van der Waals surface area contributed by atoms with Gasteiger partial charge in [-0.3, -0.25) is 14.4 Å². The van der Waals surface area contributed by atoms with Crippen molar-refractivity contribution in [3.8, 4) is 0 Å². The number of hydrogen-bond donors (Lipinski definition) is 0. The van der Waals surface area contributed by atoms with Gasteiger partial charge in [0, 0.05) is 19.3 Å². The van der Waals surface area contributed by atoms with Crippen LogP contribution in [0.15, 0.2) is 170 Å². The van der Waals surface area contributed by atoms with Gasteiger partial charge < -0.3 is 14.2 Å². The number of rotatable bonds is 51. The van der Waals surface area contributed by atoms with Crippen LogP contribution in [0, 0.1) is 0 Å². The summed E-state index contributed by atoms with van der Waals surface area (Å²) in [5.41, 5.74) is 0. The summed E-state index contributed by atoms with van der Waals surface area (Å²) >= 11 is 0. The zero-order valence-electron chi connectivity index (χ0n) is 47.7. The molecule has 0 spiro atoms. The predicted octanol–water partition coefficient (Wildman–Crippen LogP) is 20.3. The summed E-state index contributed by atoms with van der Waals surface area (Å²) in [5, 5.41) is 0. The third-order valence-electron chi connectivity index (χ3n) is 11.7. The molecule has 0 heterocycles. The Bertz CT molecular complexity index is 1750. The number of ether oxygens (including phenoxy) is 3. The normalized spacial score (nSPS) is 13.4. The molecule has 1 unspecified atom stereocenters. The highest BCUT2D eigenvalue weighted by molar-refractivity contribution is 5.71. The first kappa shape index (κ1) is 69.8. The molecule has 0 saturated carbocycles. The number of unbranched alkanes of at least 4 members (excludes halogenated alkanes) is 12. The van der Waals surface area contributed by atoms with E-state index >= 15 is 0 Å². The van der Waals surface area contributed by atoms with Gasteiger partial charge in [0.25, 0.3) is 0 Å². The molecule has 6 heteroatoms. The van der Waals surface area contributed by atoms with Gasteiger partial charge in [0.1, 0.15) is 13.2 Å². The number of carbonyl (C=O) groups excluding carboxylic acids is 3. The van der Waals surface area contributed by atoms with E-state index in [-0.39, 0.29) is 44.0 Å². The van der Waals surface area contributed by atoms with Crippen LogP contribution in [0.1, 0.15) is 226 Å². The number of hydrogen-bond acceptors (Lipinski definition) is 6. The molecule has 0 fully saturated rings. The first-order valence-electron chi connectivity index (χ1n) is 29.6. The maximum atomic E-state index is 12.9. The van der Waals surface area contributed by atoms with Gasteiger partial charge in [0.05, 0.1) is 0 Å². The first-order valence-corrected chi connectivity index (χ1v) is 29.6. The lowest BCUT2D eigenvalue weighted by Gasteiger charge is -2.18. The minimum absolute atomic E-state index is 0.119. The summed E-state index contributed by atoms with van der Waals surface area (Å²) in [5.74, 6) is -1.01. The predicted molar refractivity (Wildman–Crippen MR) is 325 cm³/mol. The fourth-order valence-electron chi connectivity index (χ4n) is 7.37. The van der Waals surface area contributed by atoms with E-state index in [1.54, 1.807) is 0 Å². The van der Waals surface area contributed by atoms with Crippen molar-refractivity contribution >= 4 is 17.9 Å². The minimum atomic E-state index is -0.825. The van der Waals surface area contributed by atoms with E-state index in [4.69, 9.17) is 14.2 Å². The minimum Gasteiger partial charge on any atom is -0.462 e. The van der Waals surface area contributed by atoms with Crippen molar-refractivity contribution in [1.29, 1.82) is 0 Å². The Balaban J connectivity index is 4.58. The van der Waals surface area contributed by atoms with Crippen molar-refractivity contribution in [2.24, 2.45) is 0 Å². The monoisotopic (exact) mass is 1030 g/mol. The quantitative estimate of drug-likeness (QED) is 0.0261. The summed E-state index contributed by atoms with van der Waals surface area (Å²) in [7, 11) is 0. The summed E-state index contributed by atoms with van der Waals surface area (Å²) < 4.78 is 16.8. The largest absolute Gasteiger partial charge is 0.462 e. The second kappa shape index (κ2) is 61.3. The van der Waals surface area contributed by atoms with E-state index < -0.39 is 6.10 Å². The molecular weight excluding hydrogens is 925 g/mol. The number of carbonyl (C=O) groups is 3. The molecule has 1 atom stereocenters. The van der Waals surface area contributed by atoms with Gasteiger partial charge in [-0.05, 0) is 148 Å². The molecule has 0 aromatic carbocycles. The standard InChI is InChI=1S/C69H106O6/c1-4-7-10-13-16-19-22-25-28-31-33-34-36-38-41-44-47-50-53-56-59-62-68(71)74-65-66(64-73-67(70)61-58-55-52-49-46-43-40-37-30-27-24-21-18-15-12-9-6-3)75-69(72)63-60-57-54-51-48-45-42-39-35-32-29-26-23-20-17-14-11-8-5-2/h7-12,16-21,25-30,33-35,38-41,43,47,50,66H,4-6,13-15,22-24,31-32,36-37,42,44-46,48-49,51-65H2,1-3H3/b10-7-,11-8-,12-9-,19-16-,20-17-,21-18-,28-25-,29-26-,30-27-,34-33-,39-35-,41-38-,43-40-,50-47-. The molecule has 418 valence electrons. The third-order valence-corrected chi connectivity index (χ3v) is 11.7. The van der Waals surface area contributed by atoms with E-state index in [0.29, 0.717) is 12.8 Å². The molecule has 0 amide bonds. The molecule has 0 aromatic heterocycles. The summed E-state index contributed by atoms with van der Waals surface area (Å²) in [6.07, 6.45) is 90.5. The van der Waals surface area contributed by atoms with Crippen molar-refractivity contribution in [2.45, 2.75) is 232 Å². The van der Waals surface area contributed by atoms with Crippen LogP contribution in [-0.2, 0) is 28.6 Å². The molecule has 0 rings (SSSR count). The second-order valence-corrected chi connectivity index (χ2v) is 18.8. The van der Waals surface area contributed by atoms with Crippen LogP contribution in [0.3, 0.4) is 0 Å². The molecular formula is C69H106O6. The van der Waals surface area contributed by atoms with Gasteiger partial charge >= 0.3 is 17.9 Å². The fraction of sp³-hybridized carbons (Fsp3) is 0.551. The highest BCUT2D eigenvalue weighted by Gasteiger charge is 2.19. The molecule has 6 nitrogen and oxygen atoms in total. The van der Waals surface area contributed by atoms with Crippen LogP contribution >= 0.6 is 0 Å². The highest BCUT2D eigenvalue weighted by Crippen LogP contribution is 2.13. The Morgan fingerprint density at radius 1 is 0.267 bits per heavy atom. The van der Waals surface area contributed by atoms with Crippen LogP contribution in [0.5, 0.6) is 0 Å². The van der Waals surface area contributed by atoms with Crippen LogP contribution in [-0.4, -0.2) is 37.2 Å². The van der Waals surface area contributed by atoms with Crippen LogP contribution in [0.4, 0.5) is 0 Å². The zero-order valence-corrected chi connectivity index (χ0v) is 47.7. The molecule has 0 aliphatic rings. The van der Waals surface area contributed by atoms with Crippen LogP contribution in [0.2, 0.25) is 0 Å². The molecule has 0 N–H and O–H groups in total. The van der Waals surface area contributed by atoms with Gasteiger partial charge in [0.2, 0.25) is 0 Å². The van der Waals surface area contributed by atoms with Gasteiger partial charge in [-0.1, -0.05) is 229 Å².